The number of carbonyl (C=O) groups is 2. The van der Waals surface area contributed by atoms with Gasteiger partial charge in [-0.25, -0.2) is 4.79 Å². The molecule has 0 unspecified atom stereocenters. The van der Waals surface area contributed by atoms with Crippen molar-refractivity contribution in [1.82, 2.24) is 0 Å². The van der Waals surface area contributed by atoms with Crippen molar-refractivity contribution in [2.45, 2.75) is 151 Å². The van der Waals surface area contributed by atoms with Crippen molar-refractivity contribution >= 4 is 12.3 Å². The number of carbonyl (C=O) groups excluding carboxylic acids is 2. The number of hydrogen-bond donors (Lipinski definition) is 7. The average Bonchev–Trinajstić information content (AvgIpc) is 3.61. The Kier molecular flexibility index (Phi) is 9.38. The maximum absolute atomic E-state index is 13.2. The fourth-order valence-corrected chi connectivity index (χ4v) is 11.3. The Hall–Kier alpha value is -1.56. The first-order valence-electron chi connectivity index (χ1n) is 17.9. The third-order valence-electron chi connectivity index (χ3n) is 14.0. The summed E-state index contributed by atoms with van der Waals surface area (Å²) in [7, 11) is 0. The van der Waals surface area contributed by atoms with Gasteiger partial charge in [-0.3, -0.25) is 0 Å². The van der Waals surface area contributed by atoms with Crippen molar-refractivity contribution in [3.8, 4) is 0 Å². The molecule has 7 aliphatic rings. The number of rotatable bonds is 7. The maximum Gasteiger partial charge on any atom is 0.331 e. The minimum absolute atomic E-state index is 0.00470. The maximum atomic E-state index is 13.2. The second-order valence-electron chi connectivity index (χ2n) is 16.1. The van der Waals surface area contributed by atoms with E-state index in [0.29, 0.717) is 44.9 Å². The van der Waals surface area contributed by atoms with Crippen molar-refractivity contribution in [2.75, 3.05) is 13.2 Å². The fraction of sp³-hybridized carbons (Fsp3) is 0.886. The van der Waals surface area contributed by atoms with Gasteiger partial charge in [-0.1, -0.05) is 6.92 Å². The highest BCUT2D eigenvalue weighted by Gasteiger charge is 2.71. The van der Waals surface area contributed by atoms with Gasteiger partial charge in [-0.05, 0) is 81.6 Å². The Morgan fingerprint density at radius 2 is 1.69 bits per heavy atom. The van der Waals surface area contributed by atoms with E-state index in [0.717, 1.165) is 18.3 Å². The van der Waals surface area contributed by atoms with Crippen molar-refractivity contribution < 1.29 is 69.0 Å². The van der Waals surface area contributed by atoms with Crippen molar-refractivity contribution in [3.63, 3.8) is 0 Å². The number of aliphatic hydroxyl groups excluding tert-OH is 5. The summed E-state index contributed by atoms with van der Waals surface area (Å²) in [5.41, 5.74) is -2.94. The summed E-state index contributed by atoms with van der Waals surface area (Å²) in [4.78, 5) is 25.0. The Morgan fingerprint density at radius 3 is 2.37 bits per heavy atom. The molecule has 0 spiro atoms. The number of ether oxygens (including phenoxy) is 5. The Morgan fingerprint density at radius 1 is 0.939 bits per heavy atom. The molecule has 14 nitrogen and oxygen atoms in total. The fourth-order valence-electron chi connectivity index (χ4n) is 11.3. The smallest absolute Gasteiger partial charge is 0.331 e. The lowest BCUT2D eigenvalue weighted by Crippen LogP contribution is -2.69. The van der Waals surface area contributed by atoms with Crippen LogP contribution in [0.5, 0.6) is 0 Å². The molecule has 2 saturated heterocycles. The van der Waals surface area contributed by atoms with E-state index in [2.05, 4.69) is 6.92 Å². The van der Waals surface area contributed by atoms with Gasteiger partial charge in [0.25, 0.3) is 0 Å². The van der Waals surface area contributed by atoms with Gasteiger partial charge in [-0.15, -0.1) is 0 Å². The molecule has 49 heavy (non-hydrogen) atoms. The van der Waals surface area contributed by atoms with Crippen LogP contribution in [0.4, 0.5) is 0 Å². The molecule has 6 fully saturated rings. The van der Waals surface area contributed by atoms with Crippen LogP contribution in [0.25, 0.3) is 0 Å². The van der Waals surface area contributed by atoms with Crippen molar-refractivity contribution in [3.05, 3.63) is 11.6 Å². The predicted octanol–water partition coefficient (Wildman–Crippen LogP) is -0.397. The molecule has 0 bridgehead atoms. The monoisotopic (exact) mass is 696 g/mol. The van der Waals surface area contributed by atoms with E-state index in [1.165, 1.54) is 0 Å². The summed E-state index contributed by atoms with van der Waals surface area (Å²) in [6.45, 7) is 3.42. The SMILES string of the molecule is C[C@@H]1O[C@H](O[C@@H]2CC[C@]3(C=O)[C@@H]4CC[C@]5(C)[C@@H](C6=CC(=O)OC6)CC[C@]5(O)[C@H]4CC[C@]3(O)C2)C[C@H](O)[C@H]1O[C@H]1O[C@@H](CO)[C@H](O)[C@@H](O)[C@@H]1O. The second-order valence-corrected chi connectivity index (χ2v) is 16.1. The zero-order valence-electron chi connectivity index (χ0n) is 28.1. The summed E-state index contributed by atoms with van der Waals surface area (Å²) in [6, 6.07) is 0. The third-order valence-corrected chi connectivity index (χ3v) is 14.0. The first-order chi connectivity index (χ1) is 23.2. The molecule has 4 saturated carbocycles. The highest BCUT2D eigenvalue weighted by molar-refractivity contribution is 5.85. The molecule has 7 rings (SSSR count). The van der Waals surface area contributed by atoms with Crippen LogP contribution in [-0.2, 0) is 33.3 Å². The number of cyclic esters (lactones) is 1. The van der Waals surface area contributed by atoms with Gasteiger partial charge in [0.15, 0.2) is 12.6 Å². The quantitative estimate of drug-likeness (QED) is 0.102. The molecular weight excluding hydrogens is 644 g/mol. The summed E-state index contributed by atoms with van der Waals surface area (Å²) in [6.07, 6.45) is -4.38. The molecule has 4 aliphatic carbocycles. The molecule has 7 N–H and O–H groups in total. The van der Waals surface area contributed by atoms with Crippen molar-refractivity contribution in [1.29, 1.82) is 0 Å². The Bertz CT molecular complexity index is 1300. The summed E-state index contributed by atoms with van der Waals surface area (Å²) < 4.78 is 28.9. The van der Waals surface area contributed by atoms with E-state index in [-0.39, 0.29) is 43.2 Å². The lowest BCUT2D eigenvalue weighted by atomic mass is 9.41. The number of aldehydes is 1. The minimum atomic E-state index is -1.62. The molecule has 0 amide bonds. The third kappa shape index (κ3) is 5.47. The highest BCUT2D eigenvalue weighted by atomic mass is 16.7. The van der Waals surface area contributed by atoms with Crippen LogP contribution in [0.1, 0.15) is 78.1 Å². The molecule has 0 aromatic rings. The van der Waals surface area contributed by atoms with E-state index in [1.807, 2.05) is 0 Å². The van der Waals surface area contributed by atoms with E-state index in [1.54, 1.807) is 13.0 Å². The molecule has 0 aromatic carbocycles. The van der Waals surface area contributed by atoms with E-state index < -0.39 is 90.1 Å². The number of aliphatic hydroxyl groups is 7. The van der Waals surface area contributed by atoms with Crippen LogP contribution < -0.4 is 0 Å². The molecule has 14 heteroatoms. The molecule has 0 aromatic heterocycles. The van der Waals surface area contributed by atoms with E-state index >= 15 is 0 Å². The van der Waals surface area contributed by atoms with Gasteiger partial charge in [0, 0.05) is 24.3 Å². The molecule has 0 radical (unpaired) electrons. The molecule has 3 aliphatic heterocycles. The van der Waals surface area contributed by atoms with Crippen LogP contribution in [-0.4, -0.2) is 134 Å². The molecule has 3 heterocycles. The summed E-state index contributed by atoms with van der Waals surface area (Å²) in [5, 5.41) is 75.9. The Labute approximate surface area is 285 Å². The Balaban J connectivity index is 1.00. The van der Waals surface area contributed by atoms with Gasteiger partial charge in [0.1, 0.15) is 43.4 Å². The van der Waals surface area contributed by atoms with Gasteiger partial charge in [0.2, 0.25) is 0 Å². The predicted molar refractivity (Wildman–Crippen MR) is 166 cm³/mol. The summed E-state index contributed by atoms with van der Waals surface area (Å²) >= 11 is 0. The molecular formula is C35H52O14. The lowest BCUT2D eigenvalue weighted by molar-refractivity contribution is -0.345. The zero-order chi connectivity index (χ0) is 35.1. The number of hydrogen-bond acceptors (Lipinski definition) is 14. The normalized spacial score (nSPS) is 54.3. The van der Waals surface area contributed by atoms with Gasteiger partial charge < -0.3 is 64.2 Å². The van der Waals surface area contributed by atoms with Gasteiger partial charge in [-0.2, -0.15) is 0 Å². The van der Waals surface area contributed by atoms with E-state index in [9.17, 15) is 45.3 Å². The first kappa shape index (κ1) is 35.8. The largest absolute Gasteiger partial charge is 0.458 e. The average molecular weight is 697 g/mol. The van der Waals surface area contributed by atoms with Crippen LogP contribution in [0, 0.1) is 28.6 Å². The number of fused-ring (bicyclic) bond motifs is 5. The van der Waals surface area contributed by atoms with Gasteiger partial charge in [0.05, 0.1) is 41.5 Å². The minimum Gasteiger partial charge on any atom is -0.458 e. The van der Waals surface area contributed by atoms with Crippen LogP contribution >= 0.6 is 0 Å². The topological polar surface area (TPSA) is 222 Å². The zero-order valence-corrected chi connectivity index (χ0v) is 28.1. The van der Waals surface area contributed by atoms with Gasteiger partial charge >= 0.3 is 5.97 Å². The van der Waals surface area contributed by atoms with Crippen LogP contribution in [0.2, 0.25) is 0 Å². The lowest BCUT2D eigenvalue weighted by Gasteiger charge is -2.65. The highest BCUT2D eigenvalue weighted by Crippen LogP contribution is 2.70. The van der Waals surface area contributed by atoms with Crippen LogP contribution in [0.15, 0.2) is 11.6 Å². The van der Waals surface area contributed by atoms with Crippen molar-refractivity contribution in [2.24, 2.45) is 28.6 Å². The standard InChI is InChI=1S/C35H52O14/c1-17-30(49-31-29(42)28(41)27(40)24(14-36)48-31)23(38)12-26(46-17)47-19-3-8-33(16-37)21-4-7-32(2)20(18-11-25(39)45-15-18)6-10-35(32,44)22(21)5-9-34(33,43)13-19/h11,16-17,19-24,26-31,36,38,40-44H,3-10,12-15H2,1-2H3/t17-,19+,20+,21+,22-,23-,24-,26+,27-,28+,29-,30-,31+,32+,33-,34-,35-/m0/s1. The van der Waals surface area contributed by atoms with Crippen LogP contribution in [0.3, 0.4) is 0 Å². The summed E-state index contributed by atoms with van der Waals surface area (Å²) in [5.74, 6) is -0.688. The number of esters is 1. The van der Waals surface area contributed by atoms with E-state index in [4.69, 9.17) is 23.7 Å². The first-order valence-corrected chi connectivity index (χ1v) is 17.9. The second kappa shape index (κ2) is 12.8. The molecule has 276 valence electrons. The molecule has 17 atom stereocenters.